The van der Waals surface area contributed by atoms with Crippen molar-refractivity contribution < 1.29 is 28.3 Å². The Morgan fingerprint density at radius 1 is 0.441 bits per heavy atom. The van der Waals surface area contributed by atoms with Gasteiger partial charge in [0, 0.05) is 143 Å². The fourth-order valence-corrected chi connectivity index (χ4v) is 15.5. The Labute approximate surface area is 785 Å². The summed E-state index contributed by atoms with van der Waals surface area (Å²) < 4.78 is 36.3. The smallest absolute Gasteiger partial charge is 0.338 e. The Balaban J connectivity index is 0.000000161. The largest absolute Gasteiger partial charge is 0.478 e. The van der Waals surface area contributed by atoms with Crippen molar-refractivity contribution >= 4 is 183 Å². The van der Waals surface area contributed by atoms with Gasteiger partial charge >= 0.3 is 5.97 Å². The molecule has 11 aromatic heterocycles. The number of benzene rings is 5. The summed E-state index contributed by atoms with van der Waals surface area (Å²) in [4.78, 5) is 64.8. The van der Waals surface area contributed by atoms with Gasteiger partial charge < -0.3 is 45.9 Å². The predicted octanol–water partition coefficient (Wildman–Crippen LogP) is 25.7. The highest BCUT2D eigenvalue weighted by atomic mass is 127. The first kappa shape index (κ1) is 97.7. The summed E-state index contributed by atoms with van der Waals surface area (Å²) in [5.41, 5.74) is 33.5. The van der Waals surface area contributed by atoms with Crippen LogP contribution in [0.4, 0.5) is 25.8 Å². The molecule has 0 atom stereocenters. The second-order valence-corrected chi connectivity index (χ2v) is 34.6. The molecule has 0 saturated carbocycles. The van der Waals surface area contributed by atoms with Crippen LogP contribution in [0.3, 0.4) is 0 Å². The minimum atomic E-state index is -0.946. The van der Waals surface area contributed by atoms with Gasteiger partial charge in [-0.2, -0.15) is 0 Å². The van der Waals surface area contributed by atoms with Gasteiger partial charge in [-0.3, -0.25) is 9.59 Å². The van der Waals surface area contributed by atoms with Gasteiger partial charge in [0.1, 0.15) is 36.1 Å². The highest BCUT2D eigenvalue weighted by molar-refractivity contribution is 14.1. The molecule has 19 nitrogen and oxygen atoms in total. The third-order valence-electron chi connectivity index (χ3n) is 19.7. The van der Waals surface area contributed by atoms with E-state index < -0.39 is 17.6 Å². The molecule has 16 aromatic rings. The number of aromatic nitrogens is 11. The van der Waals surface area contributed by atoms with Gasteiger partial charge in [-0.05, 0) is 141 Å². The van der Waals surface area contributed by atoms with Crippen LogP contribution >= 0.6 is 104 Å². The Morgan fingerprint density at radius 3 is 1.27 bits per heavy atom. The van der Waals surface area contributed by atoms with Crippen molar-refractivity contribution in [3.63, 3.8) is 0 Å². The van der Waals surface area contributed by atoms with Crippen molar-refractivity contribution in [2.24, 2.45) is 5.92 Å². The van der Waals surface area contributed by atoms with Crippen LogP contribution in [0.5, 0.6) is 0 Å². The summed E-state index contributed by atoms with van der Waals surface area (Å²) in [7, 11) is 0. The molecular weight excluding hydrogens is 1860 g/mol. The lowest BCUT2D eigenvalue weighted by Crippen LogP contribution is -2.24. The predicted molar refractivity (Wildman–Crippen MR) is 523 cm³/mol. The molecule has 0 aliphatic heterocycles. The third kappa shape index (κ3) is 26.6. The van der Waals surface area contributed by atoms with E-state index in [2.05, 4.69) is 158 Å². The number of nitrogens with zero attached hydrogens (tertiary/aromatic N) is 11. The fourth-order valence-electron chi connectivity index (χ4n) is 14.1. The van der Waals surface area contributed by atoms with Crippen molar-refractivity contribution in [2.75, 3.05) is 17.2 Å². The van der Waals surface area contributed by atoms with Gasteiger partial charge in [0.05, 0.1) is 48.0 Å². The number of aldehydes is 1. The molecule has 0 bridgehead atoms. The lowest BCUT2D eigenvalue weighted by molar-refractivity contribution is 0.0696. The number of hydrogen-bond donors (Lipinski definition) is 5. The summed E-state index contributed by atoms with van der Waals surface area (Å²) in [6.07, 6.45) is 12.4. The maximum Gasteiger partial charge on any atom is 0.338 e. The first-order valence-electron chi connectivity index (χ1n) is 40.3. The van der Waals surface area contributed by atoms with Crippen LogP contribution in [-0.2, 0) is 32.7 Å². The zero-order valence-electron chi connectivity index (χ0n) is 71.1. The maximum atomic E-state index is 13.5. The molecule has 29 heteroatoms. The molecule has 654 valence electrons. The fraction of sp³-hybridized carbons (Fsp3) is 0.204. The number of pyridine rings is 7. The van der Waals surface area contributed by atoms with Crippen LogP contribution in [0, 0.1) is 33.0 Å². The molecule has 0 aliphatic rings. The van der Waals surface area contributed by atoms with Gasteiger partial charge in [0.2, 0.25) is 0 Å². The summed E-state index contributed by atoms with van der Waals surface area (Å²) in [6.45, 7) is 23.5. The molecule has 0 fully saturated rings. The van der Waals surface area contributed by atoms with Crippen LogP contribution < -0.4 is 22.5 Å². The lowest BCUT2D eigenvalue weighted by atomic mass is 10.0. The Morgan fingerprint density at radius 2 is 0.850 bits per heavy atom. The van der Waals surface area contributed by atoms with E-state index in [0.29, 0.717) is 118 Å². The van der Waals surface area contributed by atoms with Crippen molar-refractivity contribution in [1.82, 2.24) is 58.5 Å². The lowest BCUT2D eigenvalue weighted by Gasteiger charge is -2.15. The monoisotopic (exact) mass is 1950 g/mol. The number of halogens is 10. The van der Waals surface area contributed by atoms with E-state index in [4.69, 9.17) is 98.4 Å². The SMILES string of the molecule is CC(C)C#Cc1cnc(Cl)cc1N.CC(C)c1c(C(=O)NCc2ccc(F)c(F)c2)c2cnc(Cl)cc2n1Cc1ccccc1.CC(C)c1c(C(=O)O)c2cnc(Cl)cc2n1Cc1ccccc1.CC(C)c1c(C=O)c2cnc(Cl)cc2n1Cc1ccccc1.CC(C)c1cc2cnc(Cl)cc2n1Cc1ccccc1.Nc1cc(Cl)ncc1I.Nc1ccnc(Cl)c1. The van der Waals surface area contributed by atoms with Crippen molar-refractivity contribution in [3.8, 4) is 11.8 Å². The molecule has 0 radical (unpaired) electrons. The number of carbonyl (C=O) groups is 3. The van der Waals surface area contributed by atoms with Crippen molar-refractivity contribution in [3.05, 3.63) is 362 Å². The number of anilines is 3. The number of amides is 1. The highest BCUT2D eigenvalue weighted by Crippen LogP contribution is 2.37. The highest BCUT2D eigenvalue weighted by Gasteiger charge is 2.28. The minimum Gasteiger partial charge on any atom is -0.478 e. The summed E-state index contributed by atoms with van der Waals surface area (Å²) in [6, 6.07) is 60.2. The zero-order valence-corrected chi connectivity index (χ0v) is 78.6. The Kier molecular flexibility index (Phi) is 35.6. The number of carboxylic acids is 1. The first-order valence-corrected chi connectivity index (χ1v) is 44.0. The minimum absolute atomic E-state index is 0.0360. The Bertz CT molecular complexity index is 6550. The van der Waals surface area contributed by atoms with E-state index in [9.17, 15) is 28.3 Å². The number of nitrogen functional groups attached to an aromatic ring is 3. The molecule has 5 aromatic carbocycles. The van der Waals surface area contributed by atoms with Crippen molar-refractivity contribution in [2.45, 2.75) is 126 Å². The van der Waals surface area contributed by atoms with E-state index in [1.165, 1.54) is 22.9 Å². The van der Waals surface area contributed by atoms with Gasteiger partial charge in [0.25, 0.3) is 5.91 Å². The Hall–Kier alpha value is -11.5. The van der Waals surface area contributed by atoms with E-state index in [1.807, 2.05) is 149 Å². The van der Waals surface area contributed by atoms with Crippen LogP contribution in [-0.4, -0.2) is 76.4 Å². The van der Waals surface area contributed by atoms with E-state index in [-0.39, 0.29) is 30.2 Å². The van der Waals surface area contributed by atoms with Crippen LogP contribution in [0.25, 0.3) is 43.6 Å². The first-order chi connectivity index (χ1) is 60.7. The standard InChI is InChI=1S/C25H22ClF2N3O.C18H17ClN2O2.C18H17ClN2O.C17H17ClN2.C10H11ClN2.C5H4ClIN2.C5H5ClN2/c1-15(2)24-23(25(32)30-12-17-8-9-19(27)20(28)10-17)18-13-29-22(26)11-21(18)31(24)14-16-6-4-3-5-7-16;1-11(2)17-16(18(22)23)13-9-20-15(19)8-14(13)21(17)10-12-6-4-3-5-7-12;1-12(2)18-15(11-22)14-9-20-17(19)8-16(14)21(18)10-13-6-4-3-5-7-13;1-12(2)15-8-14-10-19-17(18)9-16(14)20(15)11-13-6-4-3-5-7-13;1-7(2)3-4-8-6-13-10(11)5-9(8)12;6-5-1-4(8)3(7)2-9-5;6-5-3-4(7)1-2-8-5/h3-11,13,15H,12,14H2,1-2H3,(H,30,32);3-9,11H,10H2,1-2H3,(H,22,23);3-9,11-12H,10H2,1-2H3;3-10,12H,11H2,1-2H3;5-7H,1-2H3,(H2,12,13);1-2H,(H2,8,9);1-3H,(H2,7,8). The number of aromatic carboxylic acids is 1. The molecule has 0 spiro atoms. The molecule has 8 N–H and O–H groups in total. The summed E-state index contributed by atoms with van der Waals surface area (Å²) in [5, 5.41) is 18.8. The topological polar surface area (TPSA) is 271 Å². The van der Waals surface area contributed by atoms with Gasteiger partial charge in [-0.15, -0.1) is 0 Å². The van der Waals surface area contributed by atoms with Gasteiger partial charge in [-0.25, -0.2) is 48.5 Å². The summed E-state index contributed by atoms with van der Waals surface area (Å²) >= 11 is 43.1. The zero-order chi connectivity index (χ0) is 91.9. The second kappa shape index (κ2) is 46.3. The number of carboxylic acid groups (broad SMARTS) is 1. The molecule has 16 rings (SSSR count). The average molecular weight is 1960 g/mol. The normalized spacial score (nSPS) is 10.9. The molecule has 1 amide bonds. The molecule has 0 aliphatic carbocycles. The van der Waals surface area contributed by atoms with Crippen molar-refractivity contribution in [1.29, 1.82) is 0 Å². The average Bonchev–Trinajstić information content (AvgIpc) is 1.59. The quantitative estimate of drug-likeness (QED) is 0.0246. The van der Waals surface area contributed by atoms with Crippen LogP contribution in [0.2, 0.25) is 36.1 Å². The molecule has 0 unspecified atom stereocenters. The number of nitrogens with one attached hydrogen (secondary N) is 1. The van der Waals surface area contributed by atoms with Crippen LogP contribution in [0.15, 0.2) is 238 Å². The van der Waals surface area contributed by atoms with Gasteiger partial charge in [0.15, 0.2) is 17.9 Å². The number of rotatable bonds is 17. The second-order valence-electron chi connectivity index (χ2n) is 30.7. The molecular formula is C98H93Cl7F2IN15O4. The number of nitrogens with two attached hydrogens (primary N) is 3. The number of carbonyl (C=O) groups excluding carboxylic acids is 2. The van der Waals surface area contributed by atoms with Crippen LogP contribution in [0.1, 0.15) is 180 Å². The third-order valence-corrected chi connectivity index (χ3v) is 22.0. The molecule has 0 saturated heterocycles. The summed E-state index contributed by atoms with van der Waals surface area (Å²) in [5.74, 6) is 3.97. The number of fused-ring (bicyclic) bond motifs is 4. The molecule has 11 heterocycles. The maximum absolute atomic E-state index is 13.5. The van der Waals surface area contributed by atoms with Gasteiger partial charge in [-0.1, -0.05) is 290 Å². The number of hydrogen-bond acceptors (Lipinski definition) is 13. The van der Waals surface area contributed by atoms with E-state index >= 15 is 0 Å². The van der Waals surface area contributed by atoms with E-state index in [0.717, 1.165) is 95.1 Å². The van der Waals surface area contributed by atoms with E-state index in [1.54, 1.807) is 73.6 Å². The molecule has 127 heavy (non-hydrogen) atoms.